The van der Waals surface area contributed by atoms with E-state index in [2.05, 4.69) is 48.2 Å². The lowest BCUT2D eigenvalue weighted by Crippen LogP contribution is -2.50. The molecule has 24 heavy (non-hydrogen) atoms. The summed E-state index contributed by atoms with van der Waals surface area (Å²) in [6.45, 7) is 5.80. The fourth-order valence-electron chi connectivity index (χ4n) is 3.47. The van der Waals surface area contributed by atoms with Crippen molar-refractivity contribution in [3.05, 3.63) is 71.8 Å². The number of benzene rings is 2. The average molecular weight is 322 g/mol. The molecule has 1 aliphatic heterocycles. The third-order valence-corrected chi connectivity index (χ3v) is 4.90. The Morgan fingerprint density at radius 2 is 1.67 bits per heavy atom. The molecule has 1 atom stereocenters. The first-order chi connectivity index (χ1) is 11.8. The van der Waals surface area contributed by atoms with Crippen LogP contribution in [0.5, 0.6) is 0 Å². The van der Waals surface area contributed by atoms with Gasteiger partial charge < -0.3 is 4.90 Å². The van der Waals surface area contributed by atoms with E-state index in [1.165, 1.54) is 11.1 Å². The fraction of sp³-hybridized carbons (Fsp3) is 0.381. The van der Waals surface area contributed by atoms with Crippen molar-refractivity contribution in [2.45, 2.75) is 25.8 Å². The highest BCUT2D eigenvalue weighted by Gasteiger charge is 2.29. The maximum absolute atomic E-state index is 12.7. The van der Waals surface area contributed by atoms with Gasteiger partial charge in [-0.15, -0.1) is 0 Å². The van der Waals surface area contributed by atoms with Crippen LogP contribution < -0.4 is 0 Å². The van der Waals surface area contributed by atoms with Crippen molar-refractivity contribution in [1.29, 1.82) is 0 Å². The minimum atomic E-state index is 0.274. The Hall–Kier alpha value is -2.13. The van der Waals surface area contributed by atoms with Crippen LogP contribution in [0.2, 0.25) is 0 Å². The van der Waals surface area contributed by atoms with Gasteiger partial charge in [-0.05, 0) is 24.1 Å². The van der Waals surface area contributed by atoms with Crippen LogP contribution >= 0.6 is 0 Å². The monoisotopic (exact) mass is 322 g/mol. The lowest BCUT2D eigenvalue weighted by atomic mass is 10.0. The zero-order chi connectivity index (χ0) is 16.8. The van der Waals surface area contributed by atoms with Crippen molar-refractivity contribution >= 4 is 5.91 Å². The largest absolute Gasteiger partial charge is 0.339 e. The molecule has 1 heterocycles. The molecular formula is C21H26N2O. The van der Waals surface area contributed by atoms with E-state index in [4.69, 9.17) is 0 Å². The summed E-state index contributed by atoms with van der Waals surface area (Å²) in [5.74, 6) is 0.274. The Balaban J connectivity index is 1.63. The summed E-state index contributed by atoms with van der Waals surface area (Å²) < 4.78 is 0. The average Bonchev–Trinajstić information content (AvgIpc) is 2.67. The number of likely N-dealkylation sites (N-methyl/N-ethyl adjacent to an activating group) is 1. The summed E-state index contributed by atoms with van der Waals surface area (Å²) in [6, 6.07) is 21.1. The van der Waals surface area contributed by atoms with Gasteiger partial charge in [-0.1, -0.05) is 67.6 Å². The molecule has 1 unspecified atom stereocenters. The molecular weight excluding hydrogens is 296 g/mol. The molecule has 126 valence electrons. The van der Waals surface area contributed by atoms with Gasteiger partial charge in [0.2, 0.25) is 5.91 Å². The second-order valence-corrected chi connectivity index (χ2v) is 6.38. The Bertz CT molecular complexity index is 641. The van der Waals surface area contributed by atoms with Crippen LogP contribution in [0.3, 0.4) is 0 Å². The van der Waals surface area contributed by atoms with Gasteiger partial charge in [-0.25, -0.2) is 0 Å². The van der Waals surface area contributed by atoms with Crippen molar-refractivity contribution in [1.82, 2.24) is 9.80 Å². The zero-order valence-electron chi connectivity index (χ0n) is 14.4. The first-order valence-corrected chi connectivity index (χ1v) is 8.88. The van der Waals surface area contributed by atoms with Crippen LogP contribution in [0.15, 0.2) is 60.7 Å². The molecule has 0 spiro atoms. The second kappa shape index (κ2) is 8.11. The van der Waals surface area contributed by atoms with E-state index in [0.29, 0.717) is 12.5 Å². The minimum Gasteiger partial charge on any atom is -0.339 e. The van der Waals surface area contributed by atoms with E-state index >= 15 is 0 Å². The van der Waals surface area contributed by atoms with Gasteiger partial charge in [0.1, 0.15) is 0 Å². The molecule has 3 nitrogen and oxygen atoms in total. The Kier molecular flexibility index (Phi) is 5.65. The maximum Gasteiger partial charge on any atom is 0.223 e. The minimum absolute atomic E-state index is 0.274. The first kappa shape index (κ1) is 16.7. The van der Waals surface area contributed by atoms with E-state index < -0.39 is 0 Å². The molecule has 1 amide bonds. The summed E-state index contributed by atoms with van der Waals surface area (Å²) in [5, 5.41) is 0. The standard InChI is InChI=1S/C21H26N2O/c1-2-22-15-16-23(17-20(22)19-11-7-4-8-12-19)21(24)14-13-18-9-5-3-6-10-18/h3-12,20H,2,13-17H2,1H3. The molecule has 0 aromatic heterocycles. The zero-order valence-corrected chi connectivity index (χ0v) is 14.4. The summed E-state index contributed by atoms with van der Waals surface area (Å²) in [4.78, 5) is 17.2. The van der Waals surface area contributed by atoms with Gasteiger partial charge in [0.25, 0.3) is 0 Å². The number of aryl methyl sites for hydroxylation is 1. The number of amides is 1. The van der Waals surface area contributed by atoms with Gasteiger partial charge in [0.05, 0.1) is 6.04 Å². The number of carbonyl (C=O) groups excluding carboxylic acids is 1. The highest BCUT2D eigenvalue weighted by atomic mass is 16.2. The van der Waals surface area contributed by atoms with Crippen LogP contribution in [-0.2, 0) is 11.2 Å². The molecule has 0 N–H and O–H groups in total. The van der Waals surface area contributed by atoms with E-state index in [-0.39, 0.29) is 5.91 Å². The molecule has 3 rings (SSSR count). The van der Waals surface area contributed by atoms with Crippen molar-refractivity contribution in [3.8, 4) is 0 Å². The quantitative estimate of drug-likeness (QED) is 0.841. The van der Waals surface area contributed by atoms with E-state index in [9.17, 15) is 4.79 Å². The molecule has 1 saturated heterocycles. The van der Waals surface area contributed by atoms with Gasteiger partial charge in [0.15, 0.2) is 0 Å². The van der Waals surface area contributed by atoms with Gasteiger partial charge >= 0.3 is 0 Å². The third-order valence-electron chi connectivity index (χ3n) is 4.90. The van der Waals surface area contributed by atoms with Gasteiger partial charge in [-0.2, -0.15) is 0 Å². The highest BCUT2D eigenvalue weighted by Crippen LogP contribution is 2.25. The van der Waals surface area contributed by atoms with Crippen molar-refractivity contribution in [3.63, 3.8) is 0 Å². The predicted octanol–water partition coefficient (Wildman–Crippen LogP) is 3.52. The predicted molar refractivity (Wildman–Crippen MR) is 97.8 cm³/mol. The highest BCUT2D eigenvalue weighted by molar-refractivity contribution is 5.76. The Labute approximate surface area is 144 Å². The maximum atomic E-state index is 12.7. The number of rotatable bonds is 5. The molecule has 3 heteroatoms. The lowest BCUT2D eigenvalue weighted by molar-refractivity contribution is -0.134. The Morgan fingerprint density at radius 3 is 2.33 bits per heavy atom. The fourth-order valence-corrected chi connectivity index (χ4v) is 3.47. The molecule has 0 bridgehead atoms. The lowest BCUT2D eigenvalue weighted by Gasteiger charge is -2.41. The smallest absolute Gasteiger partial charge is 0.223 e. The number of carbonyl (C=O) groups is 1. The third kappa shape index (κ3) is 4.04. The molecule has 1 fully saturated rings. The summed E-state index contributed by atoms with van der Waals surface area (Å²) in [5.41, 5.74) is 2.54. The Morgan fingerprint density at radius 1 is 1.00 bits per heavy atom. The molecule has 0 saturated carbocycles. The normalized spacial score (nSPS) is 18.5. The molecule has 2 aromatic carbocycles. The molecule has 1 aliphatic rings. The summed E-state index contributed by atoms with van der Waals surface area (Å²) in [7, 11) is 0. The van der Waals surface area contributed by atoms with Crippen LogP contribution in [0.1, 0.15) is 30.5 Å². The topological polar surface area (TPSA) is 23.6 Å². The molecule has 2 aromatic rings. The van der Waals surface area contributed by atoms with Crippen molar-refractivity contribution < 1.29 is 4.79 Å². The van der Waals surface area contributed by atoms with Crippen LogP contribution in [0.25, 0.3) is 0 Å². The van der Waals surface area contributed by atoms with E-state index in [1.807, 2.05) is 29.2 Å². The second-order valence-electron chi connectivity index (χ2n) is 6.38. The number of hydrogen-bond donors (Lipinski definition) is 0. The summed E-state index contributed by atoms with van der Waals surface area (Å²) in [6.07, 6.45) is 1.42. The van der Waals surface area contributed by atoms with E-state index in [1.54, 1.807) is 0 Å². The number of piperazine rings is 1. The first-order valence-electron chi connectivity index (χ1n) is 8.88. The molecule has 0 radical (unpaired) electrons. The van der Waals surface area contributed by atoms with Crippen molar-refractivity contribution in [2.75, 3.05) is 26.2 Å². The van der Waals surface area contributed by atoms with Crippen LogP contribution in [0, 0.1) is 0 Å². The number of hydrogen-bond acceptors (Lipinski definition) is 2. The summed E-state index contributed by atoms with van der Waals surface area (Å²) >= 11 is 0. The van der Waals surface area contributed by atoms with Crippen molar-refractivity contribution in [2.24, 2.45) is 0 Å². The van der Waals surface area contributed by atoms with Crippen LogP contribution in [0.4, 0.5) is 0 Å². The number of nitrogens with zero attached hydrogens (tertiary/aromatic N) is 2. The SMILES string of the molecule is CCN1CCN(C(=O)CCc2ccccc2)CC1c1ccccc1. The van der Waals surface area contributed by atoms with Gasteiger partial charge in [0, 0.05) is 26.1 Å². The van der Waals surface area contributed by atoms with E-state index in [0.717, 1.165) is 32.6 Å². The van der Waals surface area contributed by atoms with Gasteiger partial charge in [-0.3, -0.25) is 9.69 Å². The van der Waals surface area contributed by atoms with Crippen LogP contribution in [-0.4, -0.2) is 41.9 Å². The molecule has 0 aliphatic carbocycles.